The number of hydrogen-bond acceptors (Lipinski definition) is 8. The average Bonchev–Trinajstić information content (AvgIpc) is 2.98. The number of fused-ring (bicyclic) bond motifs is 1. The van der Waals surface area contributed by atoms with Gasteiger partial charge >= 0.3 is 6.09 Å². The number of amides is 1. The van der Waals surface area contributed by atoms with Gasteiger partial charge in [0.25, 0.3) is 0 Å². The second-order valence-corrected chi connectivity index (χ2v) is 12.2. The van der Waals surface area contributed by atoms with Crippen LogP contribution in [0.4, 0.5) is 26.4 Å². The molecule has 0 unspecified atom stereocenters. The Labute approximate surface area is 259 Å². The van der Waals surface area contributed by atoms with Gasteiger partial charge in [-0.3, -0.25) is 14.7 Å². The first-order valence-corrected chi connectivity index (χ1v) is 14.8. The third-order valence-corrected chi connectivity index (χ3v) is 7.97. The number of nitrogens with one attached hydrogen (secondary N) is 1. The van der Waals surface area contributed by atoms with E-state index in [-0.39, 0.29) is 23.3 Å². The molecule has 1 aromatic carbocycles. The van der Waals surface area contributed by atoms with Gasteiger partial charge in [-0.05, 0) is 70.0 Å². The quantitative estimate of drug-likeness (QED) is 0.182. The molecule has 1 saturated heterocycles. The van der Waals surface area contributed by atoms with Crippen molar-refractivity contribution in [3.8, 4) is 17.0 Å². The van der Waals surface area contributed by atoms with E-state index in [2.05, 4.69) is 20.2 Å². The first-order valence-electron chi connectivity index (χ1n) is 14.4. The lowest BCUT2D eigenvalue weighted by Crippen LogP contribution is -2.57. The monoisotopic (exact) mass is 620 g/mol. The molecule has 5 rings (SSSR count). The molecule has 0 bridgehead atoms. The molecule has 4 heterocycles. The number of hydrogen-bond donors (Lipinski definition) is 3. The smallest absolute Gasteiger partial charge is 0.408 e. The van der Waals surface area contributed by atoms with E-state index in [0.717, 1.165) is 31.3 Å². The number of piperidine rings is 1. The van der Waals surface area contributed by atoms with Crippen LogP contribution in [0.15, 0.2) is 48.8 Å². The SMILES string of the molecule is CCC(=O)c1cnc2ccc(-c3cc(F)c(O)c(Cl)c3)nc2c1Nc1ccc(N2CCC[C@H](N(C(=O)O)C(C)(C)C)C2)nc1. The van der Waals surface area contributed by atoms with Crippen LogP contribution in [-0.2, 0) is 0 Å². The van der Waals surface area contributed by atoms with E-state index < -0.39 is 23.2 Å². The van der Waals surface area contributed by atoms with E-state index in [0.29, 0.717) is 45.8 Å². The van der Waals surface area contributed by atoms with Gasteiger partial charge in [0.15, 0.2) is 17.3 Å². The maximum absolute atomic E-state index is 14.3. The van der Waals surface area contributed by atoms with E-state index in [1.165, 1.54) is 17.2 Å². The molecule has 0 radical (unpaired) electrons. The number of nitrogens with zero attached hydrogens (tertiary/aromatic N) is 5. The minimum absolute atomic E-state index is 0.140. The van der Waals surface area contributed by atoms with Crippen LogP contribution in [0, 0.1) is 5.82 Å². The lowest BCUT2D eigenvalue weighted by Gasteiger charge is -2.44. The lowest BCUT2D eigenvalue weighted by atomic mass is 9.97. The van der Waals surface area contributed by atoms with Gasteiger partial charge in [0.2, 0.25) is 0 Å². The van der Waals surface area contributed by atoms with Gasteiger partial charge in [0.05, 0.1) is 45.4 Å². The summed E-state index contributed by atoms with van der Waals surface area (Å²) in [5.41, 5.74) is 2.49. The summed E-state index contributed by atoms with van der Waals surface area (Å²) in [5.74, 6) is -0.935. The zero-order valence-corrected chi connectivity index (χ0v) is 25.7. The van der Waals surface area contributed by atoms with Crippen molar-refractivity contribution in [1.82, 2.24) is 19.9 Å². The summed E-state index contributed by atoms with van der Waals surface area (Å²) < 4.78 is 14.3. The number of phenolic OH excluding ortho intramolecular Hbond substituents is 1. The van der Waals surface area contributed by atoms with Crippen molar-refractivity contribution in [3.05, 3.63) is 65.2 Å². The highest BCUT2D eigenvalue weighted by atomic mass is 35.5. The minimum atomic E-state index is -0.936. The Kier molecular flexibility index (Phi) is 8.60. The zero-order valence-electron chi connectivity index (χ0n) is 24.9. The number of carbonyl (C=O) groups excluding carboxylic acids is 1. The molecule has 12 heteroatoms. The fraction of sp³-hybridized carbons (Fsp3) is 0.344. The first-order chi connectivity index (χ1) is 20.9. The summed E-state index contributed by atoms with van der Waals surface area (Å²) in [7, 11) is 0. The molecular formula is C32H34ClFN6O4. The second-order valence-electron chi connectivity index (χ2n) is 11.8. The number of benzene rings is 1. The highest BCUT2D eigenvalue weighted by molar-refractivity contribution is 6.32. The van der Waals surface area contributed by atoms with Crippen LogP contribution in [0.3, 0.4) is 0 Å². The van der Waals surface area contributed by atoms with Crippen molar-refractivity contribution in [2.24, 2.45) is 0 Å². The molecular weight excluding hydrogens is 587 g/mol. The number of halogens is 2. The number of aromatic hydroxyl groups is 1. The first kappa shape index (κ1) is 30.9. The normalized spacial score (nSPS) is 15.3. The molecule has 4 aromatic rings. The number of Topliss-reactive ketones (excluding diaryl/α,β-unsaturated/α-hetero) is 1. The minimum Gasteiger partial charge on any atom is -0.504 e. The molecule has 1 amide bonds. The highest BCUT2D eigenvalue weighted by Gasteiger charge is 2.36. The van der Waals surface area contributed by atoms with E-state index >= 15 is 0 Å². The number of anilines is 3. The number of carboxylic acid groups (broad SMARTS) is 1. The van der Waals surface area contributed by atoms with Gasteiger partial charge in [-0.15, -0.1) is 0 Å². The molecule has 1 fully saturated rings. The maximum Gasteiger partial charge on any atom is 0.408 e. The molecule has 10 nitrogen and oxygen atoms in total. The Morgan fingerprint density at radius 1 is 1.16 bits per heavy atom. The van der Waals surface area contributed by atoms with Crippen LogP contribution in [-0.4, -0.2) is 66.6 Å². The average molecular weight is 621 g/mol. The van der Waals surface area contributed by atoms with Gasteiger partial charge in [0.1, 0.15) is 11.3 Å². The Morgan fingerprint density at radius 2 is 1.93 bits per heavy atom. The van der Waals surface area contributed by atoms with Crippen LogP contribution in [0.25, 0.3) is 22.3 Å². The molecule has 0 spiro atoms. The van der Waals surface area contributed by atoms with Crippen molar-refractivity contribution in [2.45, 2.75) is 58.5 Å². The summed E-state index contributed by atoms with van der Waals surface area (Å²) in [6, 6.07) is 9.48. The van der Waals surface area contributed by atoms with Crippen molar-refractivity contribution in [3.63, 3.8) is 0 Å². The Balaban J connectivity index is 1.47. The molecule has 0 aliphatic carbocycles. The van der Waals surface area contributed by atoms with Crippen LogP contribution < -0.4 is 10.2 Å². The Hall–Kier alpha value is -4.51. The molecule has 3 aromatic heterocycles. The van der Waals surface area contributed by atoms with E-state index in [1.54, 1.807) is 25.3 Å². The van der Waals surface area contributed by atoms with Crippen LogP contribution in [0.1, 0.15) is 57.3 Å². The molecule has 44 heavy (non-hydrogen) atoms. The van der Waals surface area contributed by atoms with E-state index in [9.17, 15) is 24.2 Å². The summed E-state index contributed by atoms with van der Waals surface area (Å²) in [6.45, 7) is 8.74. The second kappa shape index (κ2) is 12.2. The number of aromatic nitrogens is 3. The molecule has 0 saturated carbocycles. The molecule has 1 aliphatic rings. The summed E-state index contributed by atoms with van der Waals surface area (Å²) in [4.78, 5) is 42.4. The van der Waals surface area contributed by atoms with Gasteiger partial charge in [-0.1, -0.05) is 18.5 Å². The van der Waals surface area contributed by atoms with Crippen LogP contribution >= 0.6 is 11.6 Å². The number of ketones is 1. The van der Waals surface area contributed by atoms with Crippen molar-refractivity contribution in [2.75, 3.05) is 23.3 Å². The molecule has 1 atom stereocenters. The third kappa shape index (κ3) is 6.23. The highest BCUT2D eigenvalue weighted by Crippen LogP contribution is 2.35. The number of phenols is 1. The maximum atomic E-state index is 14.3. The predicted octanol–water partition coefficient (Wildman–Crippen LogP) is 7.27. The third-order valence-electron chi connectivity index (χ3n) is 7.68. The summed E-state index contributed by atoms with van der Waals surface area (Å²) in [5, 5.41) is 22.8. The fourth-order valence-corrected chi connectivity index (χ4v) is 5.83. The van der Waals surface area contributed by atoms with E-state index in [1.807, 2.05) is 32.9 Å². The fourth-order valence-electron chi connectivity index (χ4n) is 5.62. The molecule has 1 aliphatic heterocycles. The van der Waals surface area contributed by atoms with Gasteiger partial charge in [0, 0.05) is 36.8 Å². The Bertz CT molecular complexity index is 1700. The summed E-state index contributed by atoms with van der Waals surface area (Å²) in [6.07, 6.45) is 4.09. The lowest BCUT2D eigenvalue weighted by molar-refractivity contribution is 0.0647. The molecule has 230 valence electrons. The Morgan fingerprint density at radius 3 is 2.57 bits per heavy atom. The van der Waals surface area contributed by atoms with Gasteiger partial charge < -0.3 is 20.4 Å². The largest absolute Gasteiger partial charge is 0.504 e. The molecule has 3 N–H and O–H groups in total. The number of rotatable bonds is 7. The van der Waals surface area contributed by atoms with Crippen molar-refractivity contribution >= 4 is 51.7 Å². The predicted molar refractivity (Wildman–Crippen MR) is 169 cm³/mol. The summed E-state index contributed by atoms with van der Waals surface area (Å²) >= 11 is 6.01. The standard InChI is InChI=1S/C32H34ClFN6O4/c1-5-26(41)21-16-35-25-10-9-24(18-13-22(33)30(42)23(34)14-18)38-29(25)28(21)37-19-8-11-27(36-15-19)39-12-6-7-20(17-39)40(31(43)44)32(2,3)4/h8-11,13-16,20,42H,5-7,12,17H2,1-4H3,(H,35,37)(H,43,44)/t20-/m0/s1. The van der Waals surface area contributed by atoms with Crippen LogP contribution in [0.2, 0.25) is 5.02 Å². The van der Waals surface area contributed by atoms with Crippen molar-refractivity contribution in [1.29, 1.82) is 0 Å². The topological polar surface area (TPSA) is 132 Å². The van der Waals surface area contributed by atoms with Gasteiger partial charge in [-0.2, -0.15) is 0 Å². The number of carbonyl (C=O) groups is 2. The van der Waals surface area contributed by atoms with Crippen LogP contribution in [0.5, 0.6) is 5.75 Å². The van der Waals surface area contributed by atoms with Gasteiger partial charge in [-0.25, -0.2) is 19.2 Å². The van der Waals surface area contributed by atoms with Crippen molar-refractivity contribution < 1.29 is 24.2 Å². The zero-order chi connectivity index (χ0) is 31.8. The number of pyridine rings is 3. The van der Waals surface area contributed by atoms with E-state index in [4.69, 9.17) is 16.6 Å².